The second-order valence-electron chi connectivity index (χ2n) is 2.75. The zero-order valence-corrected chi connectivity index (χ0v) is 7.28. The first kappa shape index (κ1) is 9.44. The van der Waals surface area contributed by atoms with Gasteiger partial charge in [-0.1, -0.05) is 0 Å². The standard InChI is InChI=1S/C7H14N2O3/c1-3-9-7(11)6(4-12-9)8-5(2)10/h6-7,11H,3-4H2,1-2H3,(H,8,10)/t6-,7?/m1/s1. The number of nitrogens with zero attached hydrogens (tertiary/aromatic N) is 1. The van der Waals surface area contributed by atoms with Crippen LogP contribution in [0.15, 0.2) is 0 Å². The third-order valence-electron chi connectivity index (χ3n) is 1.78. The average molecular weight is 174 g/mol. The molecule has 0 radical (unpaired) electrons. The van der Waals surface area contributed by atoms with Gasteiger partial charge in [-0.15, -0.1) is 0 Å². The lowest BCUT2D eigenvalue weighted by molar-refractivity contribution is -0.177. The Labute approximate surface area is 71.3 Å². The van der Waals surface area contributed by atoms with Gasteiger partial charge in [0.05, 0.1) is 12.6 Å². The van der Waals surface area contributed by atoms with E-state index in [-0.39, 0.29) is 11.9 Å². The molecule has 2 atom stereocenters. The Balaban J connectivity index is 2.43. The van der Waals surface area contributed by atoms with Gasteiger partial charge in [0.25, 0.3) is 0 Å². The summed E-state index contributed by atoms with van der Waals surface area (Å²) in [5.74, 6) is -0.152. The number of hydrogen-bond acceptors (Lipinski definition) is 4. The minimum absolute atomic E-state index is 0.152. The first-order valence-corrected chi connectivity index (χ1v) is 4.00. The van der Waals surface area contributed by atoms with Crippen molar-refractivity contribution < 1.29 is 14.7 Å². The Hall–Kier alpha value is -0.650. The summed E-state index contributed by atoms with van der Waals surface area (Å²) in [5.41, 5.74) is 0. The maximum atomic E-state index is 10.6. The highest BCUT2D eigenvalue weighted by molar-refractivity contribution is 5.73. The van der Waals surface area contributed by atoms with E-state index >= 15 is 0 Å². The van der Waals surface area contributed by atoms with Gasteiger partial charge >= 0.3 is 0 Å². The molecule has 0 spiro atoms. The second-order valence-corrected chi connectivity index (χ2v) is 2.75. The molecule has 1 saturated heterocycles. The second kappa shape index (κ2) is 3.84. The van der Waals surface area contributed by atoms with Gasteiger partial charge in [-0.2, -0.15) is 5.06 Å². The molecule has 0 aliphatic carbocycles. The van der Waals surface area contributed by atoms with Crippen molar-refractivity contribution in [2.75, 3.05) is 13.2 Å². The van der Waals surface area contributed by atoms with E-state index in [0.29, 0.717) is 13.2 Å². The van der Waals surface area contributed by atoms with Crippen molar-refractivity contribution in [3.8, 4) is 0 Å². The van der Waals surface area contributed by atoms with Gasteiger partial charge in [0.2, 0.25) is 5.91 Å². The molecule has 1 heterocycles. The molecule has 1 rings (SSSR count). The maximum Gasteiger partial charge on any atom is 0.217 e. The number of rotatable bonds is 2. The molecule has 12 heavy (non-hydrogen) atoms. The van der Waals surface area contributed by atoms with E-state index in [2.05, 4.69) is 5.32 Å². The molecule has 5 nitrogen and oxygen atoms in total. The average Bonchev–Trinajstić information content (AvgIpc) is 2.32. The Morgan fingerprint density at radius 2 is 2.50 bits per heavy atom. The minimum Gasteiger partial charge on any atom is -0.374 e. The Kier molecular flexibility index (Phi) is 3.02. The van der Waals surface area contributed by atoms with Crippen LogP contribution in [0.5, 0.6) is 0 Å². The van der Waals surface area contributed by atoms with Crippen LogP contribution in [0.3, 0.4) is 0 Å². The zero-order chi connectivity index (χ0) is 9.14. The molecule has 1 amide bonds. The third-order valence-corrected chi connectivity index (χ3v) is 1.78. The van der Waals surface area contributed by atoms with E-state index in [4.69, 9.17) is 4.84 Å². The number of carbonyl (C=O) groups is 1. The van der Waals surface area contributed by atoms with Crippen LogP contribution in [0.1, 0.15) is 13.8 Å². The van der Waals surface area contributed by atoms with Crippen LogP contribution in [-0.4, -0.2) is 41.5 Å². The van der Waals surface area contributed by atoms with Gasteiger partial charge in [-0.3, -0.25) is 9.63 Å². The van der Waals surface area contributed by atoms with Crippen molar-refractivity contribution in [1.29, 1.82) is 0 Å². The van der Waals surface area contributed by atoms with Crippen molar-refractivity contribution in [2.24, 2.45) is 0 Å². The number of nitrogens with one attached hydrogen (secondary N) is 1. The zero-order valence-electron chi connectivity index (χ0n) is 7.28. The number of likely N-dealkylation sites (N-methyl/N-ethyl adjacent to an activating group) is 1. The van der Waals surface area contributed by atoms with E-state index < -0.39 is 6.23 Å². The predicted molar refractivity (Wildman–Crippen MR) is 41.9 cm³/mol. The molecule has 0 aromatic rings. The van der Waals surface area contributed by atoms with Crippen LogP contribution in [0.2, 0.25) is 0 Å². The highest BCUT2D eigenvalue weighted by Crippen LogP contribution is 2.11. The first-order chi connectivity index (χ1) is 5.65. The van der Waals surface area contributed by atoms with Crippen LogP contribution in [-0.2, 0) is 9.63 Å². The van der Waals surface area contributed by atoms with E-state index in [1.165, 1.54) is 12.0 Å². The summed E-state index contributed by atoms with van der Waals surface area (Å²) in [6, 6.07) is -0.303. The molecule has 0 aromatic heterocycles. The lowest BCUT2D eigenvalue weighted by Crippen LogP contribution is -2.44. The summed E-state index contributed by atoms with van der Waals surface area (Å²) < 4.78 is 0. The third kappa shape index (κ3) is 1.94. The molecule has 0 saturated carbocycles. The Bertz CT molecular complexity index is 174. The Morgan fingerprint density at radius 3 is 2.92 bits per heavy atom. The van der Waals surface area contributed by atoms with Crippen LogP contribution in [0.25, 0.3) is 0 Å². The van der Waals surface area contributed by atoms with Crippen molar-refractivity contribution in [3.05, 3.63) is 0 Å². The summed E-state index contributed by atoms with van der Waals surface area (Å²) in [5, 5.41) is 13.5. The monoisotopic (exact) mass is 174 g/mol. The van der Waals surface area contributed by atoms with Gasteiger partial charge in [-0.25, -0.2) is 0 Å². The number of hydroxylamine groups is 2. The van der Waals surface area contributed by atoms with Crippen LogP contribution in [0.4, 0.5) is 0 Å². The smallest absolute Gasteiger partial charge is 0.217 e. The summed E-state index contributed by atoms with van der Waals surface area (Å²) in [6.45, 7) is 4.24. The summed E-state index contributed by atoms with van der Waals surface area (Å²) in [6.07, 6.45) is -0.723. The number of aliphatic hydroxyl groups excluding tert-OH is 1. The molecule has 1 unspecified atom stereocenters. The molecular weight excluding hydrogens is 160 g/mol. The number of aliphatic hydroxyl groups is 1. The number of amides is 1. The van der Waals surface area contributed by atoms with Crippen molar-refractivity contribution in [3.63, 3.8) is 0 Å². The largest absolute Gasteiger partial charge is 0.374 e. The van der Waals surface area contributed by atoms with E-state index in [1.54, 1.807) is 0 Å². The number of carbonyl (C=O) groups excluding carboxylic acids is 1. The molecule has 0 bridgehead atoms. The summed E-state index contributed by atoms with van der Waals surface area (Å²) >= 11 is 0. The molecular formula is C7H14N2O3. The predicted octanol–water partition coefficient (Wildman–Crippen LogP) is -0.923. The fourth-order valence-electron chi connectivity index (χ4n) is 1.19. The minimum atomic E-state index is -0.723. The highest BCUT2D eigenvalue weighted by Gasteiger charge is 2.33. The molecule has 2 N–H and O–H groups in total. The Morgan fingerprint density at radius 1 is 1.83 bits per heavy atom. The molecule has 0 aromatic carbocycles. The maximum absolute atomic E-state index is 10.6. The molecule has 5 heteroatoms. The summed E-state index contributed by atoms with van der Waals surface area (Å²) in [7, 11) is 0. The SMILES string of the molecule is CCN1OC[C@@H](NC(C)=O)C1O. The summed E-state index contributed by atoms with van der Waals surface area (Å²) in [4.78, 5) is 15.7. The number of hydrogen-bond donors (Lipinski definition) is 2. The van der Waals surface area contributed by atoms with Crippen molar-refractivity contribution in [1.82, 2.24) is 10.4 Å². The van der Waals surface area contributed by atoms with Gasteiger partial charge < -0.3 is 10.4 Å². The van der Waals surface area contributed by atoms with Crippen molar-refractivity contribution >= 4 is 5.91 Å². The topological polar surface area (TPSA) is 61.8 Å². The quantitative estimate of drug-likeness (QED) is 0.568. The van der Waals surface area contributed by atoms with E-state index in [9.17, 15) is 9.90 Å². The molecule has 1 fully saturated rings. The van der Waals surface area contributed by atoms with Gasteiger partial charge in [-0.05, 0) is 6.92 Å². The highest BCUT2D eigenvalue weighted by atomic mass is 16.7. The lowest BCUT2D eigenvalue weighted by atomic mass is 10.3. The van der Waals surface area contributed by atoms with E-state index in [0.717, 1.165) is 0 Å². The van der Waals surface area contributed by atoms with Crippen LogP contribution < -0.4 is 5.32 Å². The lowest BCUT2D eigenvalue weighted by Gasteiger charge is -2.18. The molecule has 1 aliphatic heterocycles. The van der Waals surface area contributed by atoms with Gasteiger partial charge in [0.15, 0.2) is 6.23 Å². The van der Waals surface area contributed by atoms with E-state index in [1.807, 2.05) is 6.92 Å². The normalized spacial score (nSPS) is 30.6. The molecule has 70 valence electrons. The van der Waals surface area contributed by atoms with Gasteiger partial charge in [0, 0.05) is 13.5 Å². The van der Waals surface area contributed by atoms with Crippen LogP contribution in [0, 0.1) is 0 Å². The van der Waals surface area contributed by atoms with Gasteiger partial charge in [0.1, 0.15) is 0 Å². The first-order valence-electron chi connectivity index (χ1n) is 4.00. The van der Waals surface area contributed by atoms with Crippen molar-refractivity contribution in [2.45, 2.75) is 26.1 Å². The molecule has 1 aliphatic rings. The fourth-order valence-corrected chi connectivity index (χ4v) is 1.19. The fraction of sp³-hybridized carbons (Fsp3) is 0.857. The van der Waals surface area contributed by atoms with Crippen LogP contribution >= 0.6 is 0 Å².